The van der Waals surface area contributed by atoms with Gasteiger partial charge in [-0.2, -0.15) is 0 Å². The Bertz CT molecular complexity index is 757. The molecule has 0 heterocycles. The summed E-state index contributed by atoms with van der Waals surface area (Å²) in [6.45, 7) is 0. The molecule has 5 nitrogen and oxygen atoms in total. The molecule has 2 aromatic carbocycles. The van der Waals surface area contributed by atoms with Crippen LogP contribution in [0.5, 0.6) is 0 Å². The van der Waals surface area contributed by atoms with E-state index < -0.39 is 0 Å². The summed E-state index contributed by atoms with van der Waals surface area (Å²) in [5.74, 6) is 0. The molecule has 0 spiro atoms. The number of non-ortho nitro benzene ring substituents is 1. The first-order valence-electron chi connectivity index (χ1n) is 8.70. The number of nitrogens with one attached hydrogen (secondary N) is 2. The number of nitro benzene ring substituents is 1. The van der Waals surface area contributed by atoms with Crippen molar-refractivity contribution in [3.05, 3.63) is 58.6 Å². The third-order valence-electron chi connectivity index (χ3n) is 4.34. The van der Waals surface area contributed by atoms with Crippen molar-refractivity contribution >= 4 is 40.5 Å². The highest BCUT2D eigenvalue weighted by Gasteiger charge is 2.14. The van der Waals surface area contributed by atoms with Crippen molar-refractivity contribution in [2.24, 2.45) is 0 Å². The monoisotopic (exact) mass is 387 g/mol. The zero-order valence-corrected chi connectivity index (χ0v) is 15.9. The van der Waals surface area contributed by atoms with Crippen molar-refractivity contribution in [3.63, 3.8) is 0 Å². The quantitative estimate of drug-likeness (QED) is 0.409. The molecule has 1 saturated carbocycles. The van der Waals surface area contributed by atoms with Gasteiger partial charge in [0.2, 0.25) is 0 Å². The summed E-state index contributed by atoms with van der Waals surface area (Å²) in [4.78, 5) is 12.3. The largest absolute Gasteiger partial charge is 0.360 e. The van der Waals surface area contributed by atoms with E-state index in [1.807, 2.05) is 24.3 Å². The highest BCUT2D eigenvalue weighted by atomic mass is 32.2. The van der Waals surface area contributed by atoms with Gasteiger partial charge in [-0.3, -0.25) is 10.1 Å². The predicted octanol–water partition coefficient (Wildman–Crippen LogP) is 5.37. The lowest BCUT2D eigenvalue weighted by molar-refractivity contribution is -0.384. The van der Waals surface area contributed by atoms with Gasteiger partial charge in [-0.15, -0.1) is 0 Å². The van der Waals surface area contributed by atoms with Crippen molar-refractivity contribution in [2.45, 2.75) is 47.9 Å². The standard InChI is InChI=1S/C19H21N3O2S2/c23-22(24)16-8-12-18(13-9-16)26-17-10-6-15(7-11-17)21-19(25)20-14-4-2-1-3-5-14/h6-14H,1-5H2,(H2,20,21,25). The average molecular weight is 388 g/mol. The van der Waals surface area contributed by atoms with Crippen molar-refractivity contribution in [1.29, 1.82) is 0 Å². The van der Waals surface area contributed by atoms with Crippen LogP contribution in [0.3, 0.4) is 0 Å². The normalized spacial score (nSPS) is 14.6. The molecule has 0 unspecified atom stereocenters. The van der Waals surface area contributed by atoms with E-state index in [0.717, 1.165) is 15.5 Å². The zero-order chi connectivity index (χ0) is 18.4. The minimum atomic E-state index is -0.390. The van der Waals surface area contributed by atoms with E-state index in [2.05, 4.69) is 10.6 Å². The number of rotatable bonds is 5. The zero-order valence-electron chi connectivity index (χ0n) is 14.3. The molecule has 0 bridgehead atoms. The minimum absolute atomic E-state index is 0.105. The van der Waals surface area contributed by atoms with Crippen LogP contribution in [0.4, 0.5) is 11.4 Å². The third-order valence-corrected chi connectivity index (χ3v) is 5.57. The smallest absolute Gasteiger partial charge is 0.269 e. The van der Waals surface area contributed by atoms with Crippen LogP contribution < -0.4 is 10.6 Å². The molecule has 0 aliphatic heterocycles. The summed E-state index contributed by atoms with van der Waals surface area (Å²) < 4.78 is 0. The number of hydrogen-bond acceptors (Lipinski definition) is 4. The van der Waals surface area contributed by atoms with Crippen molar-refractivity contribution in [3.8, 4) is 0 Å². The maximum absolute atomic E-state index is 10.7. The fraction of sp³-hybridized carbons (Fsp3) is 0.316. The molecule has 0 radical (unpaired) electrons. The summed E-state index contributed by atoms with van der Waals surface area (Å²) in [7, 11) is 0. The highest BCUT2D eigenvalue weighted by Crippen LogP contribution is 2.29. The second kappa shape index (κ2) is 9.00. The molecule has 1 aliphatic rings. The van der Waals surface area contributed by atoms with Crippen LogP contribution in [-0.2, 0) is 0 Å². The Balaban J connectivity index is 1.52. The second-order valence-corrected chi connectivity index (χ2v) is 7.87. The van der Waals surface area contributed by atoms with Crippen LogP contribution >= 0.6 is 24.0 Å². The first-order valence-corrected chi connectivity index (χ1v) is 9.92. The topological polar surface area (TPSA) is 67.2 Å². The highest BCUT2D eigenvalue weighted by molar-refractivity contribution is 7.99. The van der Waals surface area contributed by atoms with Crippen molar-refractivity contribution in [1.82, 2.24) is 5.32 Å². The Kier molecular flexibility index (Phi) is 6.46. The molecule has 0 aromatic heterocycles. The summed E-state index contributed by atoms with van der Waals surface area (Å²) >= 11 is 6.97. The second-order valence-electron chi connectivity index (χ2n) is 6.31. The molecule has 2 aromatic rings. The van der Waals surface area contributed by atoms with Gasteiger partial charge in [0.05, 0.1) is 4.92 Å². The van der Waals surface area contributed by atoms with E-state index in [1.165, 1.54) is 44.2 Å². The predicted molar refractivity (Wildman–Crippen MR) is 110 cm³/mol. The number of anilines is 1. The Hall–Kier alpha value is -2.12. The van der Waals surface area contributed by atoms with Gasteiger partial charge in [0, 0.05) is 33.7 Å². The number of benzene rings is 2. The molecule has 0 saturated heterocycles. The summed E-state index contributed by atoms with van der Waals surface area (Å²) in [5, 5.41) is 18.0. The Morgan fingerprint density at radius 1 is 1.00 bits per heavy atom. The summed E-state index contributed by atoms with van der Waals surface area (Å²) in [6.07, 6.45) is 6.25. The third kappa shape index (κ3) is 5.44. The van der Waals surface area contributed by atoms with Crippen molar-refractivity contribution in [2.75, 3.05) is 5.32 Å². The van der Waals surface area contributed by atoms with Crippen LogP contribution in [0, 0.1) is 10.1 Å². The molecular formula is C19H21N3O2S2. The van der Waals surface area contributed by atoms with Gasteiger partial charge in [-0.05, 0) is 61.5 Å². The fourth-order valence-electron chi connectivity index (χ4n) is 2.98. The van der Waals surface area contributed by atoms with Gasteiger partial charge in [0.15, 0.2) is 5.11 Å². The van der Waals surface area contributed by atoms with E-state index in [1.54, 1.807) is 23.9 Å². The summed E-state index contributed by atoms with van der Waals surface area (Å²) in [6, 6.07) is 15.1. The Morgan fingerprint density at radius 3 is 2.15 bits per heavy atom. The maximum atomic E-state index is 10.7. The lowest BCUT2D eigenvalue weighted by Gasteiger charge is -2.24. The lowest BCUT2D eigenvalue weighted by atomic mass is 9.96. The first kappa shape index (κ1) is 18.7. The van der Waals surface area contributed by atoms with Gasteiger partial charge in [-0.1, -0.05) is 31.0 Å². The lowest BCUT2D eigenvalue weighted by Crippen LogP contribution is -2.38. The number of hydrogen-bond donors (Lipinski definition) is 2. The molecule has 2 N–H and O–H groups in total. The average Bonchev–Trinajstić information content (AvgIpc) is 2.64. The number of nitro groups is 1. The molecule has 1 fully saturated rings. The molecule has 3 rings (SSSR count). The van der Waals surface area contributed by atoms with E-state index in [4.69, 9.17) is 12.2 Å². The SMILES string of the molecule is O=[N+]([O-])c1ccc(Sc2ccc(NC(=S)NC3CCCCC3)cc2)cc1. The van der Waals surface area contributed by atoms with E-state index >= 15 is 0 Å². The fourth-order valence-corrected chi connectivity index (χ4v) is 4.08. The minimum Gasteiger partial charge on any atom is -0.360 e. The van der Waals surface area contributed by atoms with E-state index in [-0.39, 0.29) is 10.6 Å². The first-order chi connectivity index (χ1) is 12.6. The van der Waals surface area contributed by atoms with Gasteiger partial charge in [0.25, 0.3) is 5.69 Å². The van der Waals surface area contributed by atoms with Gasteiger partial charge in [-0.25, -0.2) is 0 Å². The summed E-state index contributed by atoms with van der Waals surface area (Å²) in [5.41, 5.74) is 1.05. The molecule has 26 heavy (non-hydrogen) atoms. The molecule has 0 atom stereocenters. The van der Waals surface area contributed by atoms with Crippen LogP contribution in [0.25, 0.3) is 0 Å². The van der Waals surface area contributed by atoms with E-state index in [9.17, 15) is 10.1 Å². The van der Waals surface area contributed by atoms with Gasteiger partial charge >= 0.3 is 0 Å². The number of nitrogens with zero attached hydrogens (tertiary/aromatic N) is 1. The van der Waals surface area contributed by atoms with Crippen LogP contribution in [0.2, 0.25) is 0 Å². The van der Waals surface area contributed by atoms with Gasteiger partial charge in [0.1, 0.15) is 0 Å². The van der Waals surface area contributed by atoms with Crippen LogP contribution in [-0.4, -0.2) is 16.1 Å². The Morgan fingerprint density at radius 2 is 1.58 bits per heavy atom. The van der Waals surface area contributed by atoms with Gasteiger partial charge < -0.3 is 10.6 Å². The molecule has 136 valence electrons. The molecule has 1 aliphatic carbocycles. The molecular weight excluding hydrogens is 366 g/mol. The van der Waals surface area contributed by atoms with Crippen LogP contribution in [0.1, 0.15) is 32.1 Å². The van der Waals surface area contributed by atoms with E-state index in [0.29, 0.717) is 11.2 Å². The maximum Gasteiger partial charge on any atom is 0.269 e. The number of thiocarbonyl (C=S) groups is 1. The molecule has 0 amide bonds. The Labute approximate surface area is 162 Å². The van der Waals surface area contributed by atoms with Crippen LogP contribution in [0.15, 0.2) is 58.3 Å². The molecule has 7 heteroatoms. The van der Waals surface area contributed by atoms with Crippen molar-refractivity contribution < 1.29 is 4.92 Å².